The van der Waals surface area contributed by atoms with Crippen LogP contribution in [0.5, 0.6) is 0 Å². The maximum Gasteiger partial charge on any atom is 0.472 e. The molecule has 3 saturated heterocycles. The molecular formula is C23H31N9O12P2S. The predicted octanol–water partition coefficient (Wildman–Crippen LogP) is -0.480. The van der Waals surface area contributed by atoms with E-state index in [0.29, 0.717) is 15.9 Å². The normalized spacial score (nSPS) is 42.3. The number of guanidine groups is 1. The Bertz CT molecular complexity index is 1730. The second-order valence-corrected chi connectivity index (χ2v) is 14.9. The number of nitrogen functional groups attached to an aromatic ring is 1. The number of fused-ring (bicyclic) bond motifs is 4. The highest BCUT2D eigenvalue weighted by molar-refractivity contribution is 7.47. The Morgan fingerprint density at radius 1 is 1.17 bits per heavy atom. The Labute approximate surface area is 270 Å². The van der Waals surface area contributed by atoms with Crippen molar-refractivity contribution in [1.29, 1.82) is 0 Å². The number of carbonyl (C=O) groups excluding carboxylic acids is 1. The Balaban J connectivity index is 1.17. The summed E-state index contributed by atoms with van der Waals surface area (Å²) >= 11 is 1.05. The number of nitrogens with zero attached hydrogens (tertiary/aromatic N) is 6. The predicted molar refractivity (Wildman–Crippen MR) is 160 cm³/mol. The van der Waals surface area contributed by atoms with Gasteiger partial charge in [0, 0.05) is 13.5 Å². The van der Waals surface area contributed by atoms with Crippen molar-refractivity contribution in [2.24, 2.45) is 15.7 Å². The van der Waals surface area contributed by atoms with Gasteiger partial charge < -0.3 is 40.4 Å². The molecule has 11 atom stereocenters. The molecule has 4 unspecified atom stereocenters. The number of phosphoric ester groups is 2. The van der Waals surface area contributed by atoms with Crippen molar-refractivity contribution >= 4 is 62.2 Å². The lowest BCUT2D eigenvalue weighted by Gasteiger charge is -2.35. The number of aromatic nitrogens is 3. The third-order valence-electron chi connectivity index (χ3n) is 8.56. The van der Waals surface area contributed by atoms with Crippen molar-refractivity contribution in [1.82, 2.24) is 24.6 Å². The van der Waals surface area contributed by atoms with Crippen molar-refractivity contribution in [3.05, 3.63) is 11.2 Å². The summed E-state index contributed by atoms with van der Waals surface area (Å²) in [6, 6.07) is -0.959. The van der Waals surface area contributed by atoms with Gasteiger partial charge in [0.2, 0.25) is 0 Å². The number of phosphoric acid groups is 2. The van der Waals surface area contributed by atoms with E-state index < -0.39 is 89.3 Å². The van der Waals surface area contributed by atoms with Crippen LogP contribution in [0.2, 0.25) is 0 Å². The highest BCUT2D eigenvalue weighted by Gasteiger charge is 2.62. The summed E-state index contributed by atoms with van der Waals surface area (Å²) in [7, 11) is -8.46. The van der Waals surface area contributed by atoms with E-state index in [1.807, 2.05) is 0 Å². The Kier molecular flexibility index (Phi) is 8.38. The van der Waals surface area contributed by atoms with E-state index in [0.717, 1.165) is 11.5 Å². The van der Waals surface area contributed by atoms with Crippen LogP contribution in [0.4, 0.5) is 5.82 Å². The lowest BCUT2D eigenvalue weighted by atomic mass is 9.93. The number of hydrogen-bond acceptors (Lipinski definition) is 19. The highest BCUT2D eigenvalue weighted by Crippen LogP contribution is 2.56. The molecule has 3 fully saturated rings. The number of aliphatic imine (C=N–C) groups is 2. The van der Waals surface area contributed by atoms with E-state index in [-0.39, 0.29) is 24.6 Å². The SMILES string of the molecule is CC[C@@]12COP(=O)(O)O[C@H]3C[C@H](c4snc5c(N)ncnc45)O[C@@H]3COP(=O)(O)O[C@H]1[C@@H](OC)[C@H](N1C=NC3C(=O)NC(N)=NC31)O2. The molecule has 5 aliphatic heterocycles. The van der Waals surface area contributed by atoms with Gasteiger partial charge in [0.25, 0.3) is 5.91 Å². The van der Waals surface area contributed by atoms with Crippen LogP contribution in [0.1, 0.15) is 30.7 Å². The van der Waals surface area contributed by atoms with Gasteiger partial charge in [-0.3, -0.25) is 33.2 Å². The van der Waals surface area contributed by atoms with Gasteiger partial charge in [0.05, 0.1) is 30.5 Å². The number of amides is 1. The van der Waals surface area contributed by atoms with E-state index in [4.69, 9.17) is 43.8 Å². The smallest absolute Gasteiger partial charge is 0.382 e. The Morgan fingerprint density at radius 3 is 2.72 bits per heavy atom. The standard InChI is InChI=1S/C23H31N9O12P2S/c1-3-23-6-40-46(36,37)43-9-4-10(16-12-13(31-47-16)18(24)27-7-26-12)41-11(9)5-39-45(34,35)44-17(23)15(38-2)21(42-23)32-8-28-14-19(32)29-22(25)30-20(14)33/h7-11,14-15,17,19,21H,3-6H2,1-2H3,(H,34,35)(H,36,37)(H2,24,26,27)(H3,25,29,30,33)/t9-,10+,11+,14?,15+,17-,19?,21+,23+/m0/s1. The summed E-state index contributed by atoms with van der Waals surface area (Å²) in [6.07, 6.45) is -5.04. The van der Waals surface area contributed by atoms with E-state index >= 15 is 0 Å². The average molecular weight is 720 g/mol. The first-order valence-corrected chi connectivity index (χ1v) is 18.1. The number of anilines is 1. The van der Waals surface area contributed by atoms with Gasteiger partial charge >= 0.3 is 15.6 Å². The molecule has 1 amide bonds. The fourth-order valence-corrected chi connectivity index (χ4v) is 9.11. The number of hydrogen-bond donors (Lipinski definition) is 5. The summed E-state index contributed by atoms with van der Waals surface area (Å²) in [5.41, 5.74) is 10.8. The first-order valence-electron chi connectivity index (χ1n) is 14.3. The largest absolute Gasteiger partial charge is 0.472 e. The van der Waals surface area contributed by atoms with Crippen molar-refractivity contribution in [3.63, 3.8) is 0 Å². The second-order valence-electron chi connectivity index (χ2n) is 11.3. The molecular weight excluding hydrogens is 688 g/mol. The molecule has 0 aromatic carbocycles. The third-order valence-corrected chi connectivity index (χ3v) is 11.4. The average Bonchev–Trinajstić information content (AvgIpc) is 3.78. The van der Waals surface area contributed by atoms with Crippen LogP contribution in [0, 0.1) is 0 Å². The zero-order chi connectivity index (χ0) is 33.3. The van der Waals surface area contributed by atoms with Gasteiger partial charge in [-0.15, -0.1) is 0 Å². The van der Waals surface area contributed by atoms with Crippen LogP contribution >= 0.6 is 27.2 Å². The number of ether oxygens (including phenoxy) is 3. The topological polar surface area (TPSA) is 287 Å². The van der Waals surface area contributed by atoms with Gasteiger partial charge in [-0.1, -0.05) is 6.92 Å². The molecule has 0 radical (unpaired) electrons. The molecule has 2 aromatic rings. The number of nitrogens with two attached hydrogens (primary N) is 2. The summed E-state index contributed by atoms with van der Waals surface area (Å²) in [5, 5.41) is 2.40. The van der Waals surface area contributed by atoms with Crippen molar-refractivity contribution < 1.29 is 56.0 Å². The molecule has 5 aliphatic rings. The Morgan fingerprint density at radius 2 is 1.96 bits per heavy atom. The van der Waals surface area contributed by atoms with Crippen LogP contribution in [-0.2, 0) is 46.2 Å². The summed E-state index contributed by atoms with van der Waals surface area (Å²) in [4.78, 5) is 53.0. The molecule has 0 spiro atoms. The van der Waals surface area contributed by atoms with Crippen LogP contribution in [0.3, 0.4) is 0 Å². The fourth-order valence-electron chi connectivity index (χ4n) is 6.23. The van der Waals surface area contributed by atoms with Gasteiger partial charge in [0.15, 0.2) is 30.2 Å². The molecule has 7 heterocycles. The van der Waals surface area contributed by atoms with E-state index in [1.54, 1.807) is 6.92 Å². The quantitative estimate of drug-likeness (QED) is 0.249. The van der Waals surface area contributed by atoms with Crippen molar-refractivity contribution in [3.8, 4) is 0 Å². The summed E-state index contributed by atoms with van der Waals surface area (Å²) in [6.45, 7) is 0.419. The van der Waals surface area contributed by atoms with Gasteiger partial charge in [-0.05, 0) is 18.0 Å². The number of rotatable bonds is 4. The molecule has 7 N–H and O–H groups in total. The number of carbonyl (C=O) groups is 1. The highest BCUT2D eigenvalue weighted by atomic mass is 32.1. The van der Waals surface area contributed by atoms with Crippen LogP contribution in [0.15, 0.2) is 16.3 Å². The minimum atomic E-state index is -4.92. The minimum absolute atomic E-state index is 0.0136. The van der Waals surface area contributed by atoms with Gasteiger partial charge in [-0.25, -0.2) is 24.1 Å². The zero-order valence-electron chi connectivity index (χ0n) is 24.7. The first kappa shape index (κ1) is 32.8. The van der Waals surface area contributed by atoms with E-state index in [9.17, 15) is 23.7 Å². The lowest BCUT2D eigenvalue weighted by molar-refractivity contribution is -0.143. The van der Waals surface area contributed by atoms with Crippen LogP contribution in [-0.4, -0.2) is 116 Å². The molecule has 47 heavy (non-hydrogen) atoms. The molecule has 0 bridgehead atoms. The summed E-state index contributed by atoms with van der Waals surface area (Å²) < 4.78 is 71.6. The molecule has 0 aliphatic carbocycles. The van der Waals surface area contributed by atoms with E-state index in [2.05, 4.69) is 29.6 Å². The fraction of sp³-hybridized carbons (Fsp3) is 0.652. The molecule has 24 heteroatoms. The molecule has 21 nitrogen and oxygen atoms in total. The summed E-state index contributed by atoms with van der Waals surface area (Å²) in [5.74, 6) is -0.468. The maximum absolute atomic E-state index is 13.5. The van der Waals surface area contributed by atoms with Gasteiger partial charge in [0.1, 0.15) is 47.4 Å². The lowest BCUT2D eigenvalue weighted by Crippen LogP contribution is -2.57. The third kappa shape index (κ3) is 5.85. The van der Waals surface area contributed by atoms with Crippen molar-refractivity contribution in [2.45, 2.75) is 74.3 Å². The van der Waals surface area contributed by atoms with E-state index in [1.165, 1.54) is 24.7 Å². The second kappa shape index (κ2) is 12.0. The molecule has 7 rings (SSSR count). The molecule has 256 valence electrons. The Hall–Kier alpha value is -2.72. The number of methoxy groups -OCH3 is 1. The van der Waals surface area contributed by atoms with Crippen LogP contribution in [0.25, 0.3) is 11.0 Å². The monoisotopic (exact) mass is 719 g/mol. The zero-order valence-corrected chi connectivity index (χ0v) is 27.3. The van der Waals surface area contributed by atoms with Crippen molar-refractivity contribution in [2.75, 3.05) is 26.1 Å². The van der Waals surface area contributed by atoms with Crippen LogP contribution < -0.4 is 16.8 Å². The van der Waals surface area contributed by atoms with Gasteiger partial charge in [-0.2, -0.15) is 4.37 Å². The molecule has 0 saturated carbocycles. The number of nitrogens with one attached hydrogen (secondary N) is 1. The molecule has 2 aromatic heterocycles. The maximum atomic E-state index is 13.5. The first-order chi connectivity index (χ1) is 22.3. The minimum Gasteiger partial charge on any atom is -0.382 e.